The fourth-order valence-electron chi connectivity index (χ4n) is 1.97. The zero-order valence-electron chi connectivity index (χ0n) is 11.2. The second-order valence-corrected chi connectivity index (χ2v) is 4.76. The number of nitrogens with two attached hydrogens (primary N) is 1. The first-order valence-electron chi connectivity index (χ1n) is 6.12. The predicted octanol–water partition coefficient (Wildman–Crippen LogP) is 3.37. The number of aryl methyl sites for hydroxylation is 1. The minimum absolute atomic E-state index is 0.199. The van der Waals surface area contributed by atoms with Crippen LogP contribution in [0.3, 0.4) is 0 Å². The monoisotopic (exact) mass is 260 g/mol. The molecule has 2 rings (SSSR count). The normalized spacial score (nSPS) is 10.8. The first-order chi connectivity index (χ1) is 8.99. The van der Waals surface area contributed by atoms with Gasteiger partial charge in [0.25, 0.3) is 0 Å². The molecule has 0 bridgehead atoms. The molecule has 2 aromatic rings. The molecule has 0 spiro atoms. The number of hydrogen-bond acceptors (Lipinski definition) is 4. The molecule has 0 unspecified atom stereocenters. The lowest BCUT2D eigenvalue weighted by molar-refractivity contribution is 0.627. The molecule has 0 aliphatic carbocycles. The molecule has 0 saturated carbocycles. The minimum Gasteiger partial charge on any atom is -0.383 e. The molecule has 5 heteroatoms. The Kier molecular flexibility index (Phi) is 3.64. The van der Waals surface area contributed by atoms with Crippen LogP contribution in [0.15, 0.2) is 24.5 Å². The molecule has 1 heterocycles. The highest BCUT2D eigenvalue weighted by atomic mass is 19.1. The average molecular weight is 260 g/mol. The van der Waals surface area contributed by atoms with Crippen LogP contribution in [-0.2, 0) is 0 Å². The Labute approximate surface area is 111 Å². The van der Waals surface area contributed by atoms with Crippen molar-refractivity contribution >= 4 is 17.3 Å². The Bertz CT molecular complexity index is 596. The quantitative estimate of drug-likeness (QED) is 0.888. The van der Waals surface area contributed by atoms with Gasteiger partial charge in [-0.05, 0) is 36.6 Å². The van der Waals surface area contributed by atoms with Gasteiger partial charge in [-0.3, -0.25) is 0 Å². The second kappa shape index (κ2) is 5.22. The van der Waals surface area contributed by atoms with Crippen LogP contribution in [0.4, 0.5) is 21.7 Å². The number of nitrogens with one attached hydrogen (secondary N) is 1. The zero-order chi connectivity index (χ0) is 14.0. The Hall–Kier alpha value is -2.17. The smallest absolute Gasteiger partial charge is 0.139 e. The molecule has 0 saturated heterocycles. The van der Waals surface area contributed by atoms with E-state index in [2.05, 4.69) is 15.3 Å². The second-order valence-electron chi connectivity index (χ2n) is 4.76. The molecule has 100 valence electrons. The molecular weight excluding hydrogens is 243 g/mol. The van der Waals surface area contributed by atoms with Gasteiger partial charge in [0, 0.05) is 11.3 Å². The number of aromatic nitrogens is 2. The van der Waals surface area contributed by atoms with Crippen LogP contribution < -0.4 is 11.1 Å². The lowest BCUT2D eigenvalue weighted by atomic mass is 10.0. The SMILES string of the molecule is Cc1cc(F)ccc1Nc1ncnc(N)c1C(C)C. The van der Waals surface area contributed by atoms with E-state index >= 15 is 0 Å². The molecule has 1 aromatic carbocycles. The van der Waals surface area contributed by atoms with Crippen LogP contribution in [0.5, 0.6) is 0 Å². The molecule has 1 aromatic heterocycles. The summed E-state index contributed by atoms with van der Waals surface area (Å²) in [5.41, 5.74) is 8.37. The molecule has 0 atom stereocenters. The van der Waals surface area contributed by atoms with Crippen molar-refractivity contribution < 1.29 is 4.39 Å². The maximum atomic E-state index is 13.1. The summed E-state index contributed by atoms with van der Waals surface area (Å²) in [7, 11) is 0. The third kappa shape index (κ3) is 2.81. The summed E-state index contributed by atoms with van der Waals surface area (Å²) < 4.78 is 13.1. The minimum atomic E-state index is -0.255. The van der Waals surface area contributed by atoms with E-state index in [4.69, 9.17) is 5.73 Å². The van der Waals surface area contributed by atoms with Crippen molar-refractivity contribution in [2.75, 3.05) is 11.1 Å². The summed E-state index contributed by atoms with van der Waals surface area (Å²) in [6, 6.07) is 4.57. The van der Waals surface area contributed by atoms with Gasteiger partial charge in [-0.25, -0.2) is 14.4 Å². The molecule has 0 amide bonds. The molecule has 0 fully saturated rings. The summed E-state index contributed by atoms with van der Waals surface area (Å²) >= 11 is 0. The van der Waals surface area contributed by atoms with Gasteiger partial charge >= 0.3 is 0 Å². The number of anilines is 3. The van der Waals surface area contributed by atoms with E-state index in [1.165, 1.54) is 18.5 Å². The van der Waals surface area contributed by atoms with Gasteiger partial charge in [0.05, 0.1) is 0 Å². The lowest BCUT2D eigenvalue weighted by Gasteiger charge is -2.16. The predicted molar refractivity (Wildman–Crippen MR) is 75.0 cm³/mol. The van der Waals surface area contributed by atoms with Gasteiger partial charge in [-0.2, -0.15) is 0 Å². The van der Waals surface area contributed by atoms with Crippen molar-refractivity contribution in [1.82, 2.24) is 9.97 Å². The highest BCUT2D eigenvalue weighted by Crippen LogP contribution is 2.29. The van der Waals surface area contributed by atoms with Crippen molar-refractivity contribution in [3.05, 3.63) is 41.5 Å². The topological polar surface area (TPSA) is 63.8 Å². The van der Waals surface area contributed by atoms with Crippen LogP contribution in [0.25, 0.3) is 0 Å². The fourth-order valence-corrected chi connectivity index (χ4v) is 1.97. The fraction of sp³-hybridized carbons (Fsp3) is 0.286. The summed E-state index contributed by atoms with van der Waals surface area (Å²) in [4.78, 5) is 8.23. The average Bonchev–Trinajstić information content (AvgIpc) is 2.32. The molecule has 3 N–H and O–H groups in total. The summed E-state index contributed by atoms with van der Waals surface area (Å²) in [5.74, 6) is 1.07. The van der Waals surface area contributed by atoms with E-state index < -0.39 is 0 Å². The highest BCUT2D eigenvalue weighted by molar-refractivity contribution is 5.66. The van der Waals surface area contributed by atoms with Crippen LogP contribution in [0, 0.1) is 12.7 Å². The van der Waals surface area contributed by atoms with Gasteiger partial charge in [0.15, 0.2) is 0 Å². The van der Waals surface area contributed by atoms with Crippen LogP contribution in [0.1, 0.15) is 30.9 Å². The Morgan fingerprint density at radius 1 is 1.26 bits per heavy atom. The third-order valence-corrected chi connectivity index (χ3v) is 2.93. The first kappa shape index (κ1) is 13.3. The van der Waals surface area contributed by atoms with Crippen molar-refractivity contribution in [3.8, 4) is 0 Å². The van der Waals surface area contributed by atoms with E-state index in [1.54, 1.807) is 6.07 Å². The third-order valence-electron chi connectivity index (χ3n) is 2.93. The van der Waals surface area contributed by atoms with Gasteiger partial charge in [0.2, 0.25) is 0 Å². The summed E-state index contributed by atoms with van der Waals surface area (Å²) in [6.45, 7) is 5.89. The summed E-state index contributed by atoms with van der Waals surface area (Å²) in [6.07, 6.45) is 1.42. The lowest BCUT2D eigenvalue weighted by Crippen LogP contribution is -2.07. The largest absolute Gasteiger partial charge is 0.383 e. The van der Waals surface area contributed by atoms with E-state index in [0.717, 1.165) is 16.8 Å². The van der Waals surface area contributed by atoms with Crippen molar-refractivity contribution in [2.45, 2.75) is 26.7 Å². The van der Waals surface area contributed by atoms with E-state index in [-0.39, 0.29) is 11.7 Å². The number of halogens is 1. The van der Waals surface area contributed by atoms with Gasteiger partial charge in [-0.15, -0.1) is 0 Å². The van der Waals surface area contributed by atoms with E-state index in [1.807, 2.05) is 20.8 Å². The molecule has 4 nitrogen and oxygen atoms in total. The van der Waals surface area contributed by atoms with Crippen molar-refractivity contribution in [2.24, 2.45) is 0 Å². The van der Waals surface area contributed by atoms with Gasteiger partial charge in [-0.1, -0.05) is 13.8 Å². The van der Waals surface area contributed by atoms with Gasteiger partial charge in [0.1, 0.15) is 23.8 Å². The van der Waals surface area contributed by atoms with Crippen molar-refractivity contribution in [1.29, 1.82) is 0 Å². The number of hydrogen-bond donors (Lipinski definition) is 2. The Balaban J connectivity index is 2.41. The van der Waals surface area contributed by atoms with E-state index in [0.29, 0.717) is 11.6 Å². The number of nitrogen functional groups attached to an aromatic ring is 1. The highest BCUT2D eigenvalue weighted by Gasteiger charge is 2.13. The van der Waals surface area contributed by atoms with Gasteiger partial charge < -0.3 is 11.1 Å². The molecule has 19 heavy (non-hydrogen) atoms. The standard InChI is InChI=1S/C14H17FN4/c1-8(2)12-13(16)17-7-18-14(12)19-11-5-4-10(15)6-9(11)3/h4-8H,1-3H3,(H3,16,17,18,19). The van der Waals surface area contributed by atoms with Crippen molar-refractivity contribution in [3.63, 3.8) is 0 Å². The Morgan fingerprint density at radius 3 is 2.63 bits per heavy atom. The molecule has 0 aliphatic rings. The van der Waals surface area contributed by atoms with Crippen LogP contribution in [0.2, 0.25) is 0 Å². The van der Waals surface area contributed by atoms with Crippen LogP contribution >= 0.6 is 0 Å². The number of benzene rings is 1. The Morgan fingerprint density at radius 2 is 2.00 bits per heavy atom. The molecular formula is C14H17FN4. The maximum absolute atomic E-state index is 13.1. The summed E-state index contributed by atoms with van der Waals surface area (Å²) in [5, 5.41) is 3.19. The first-order valence-corrected chi connectivity index (χ1v) is 6.12. The van der Waals surface area contributed by atoms with Crippen LogP contribution in [-0.4, -0.2) is 9.97 Å². The maximum Gasteiger partial charge on any atom is 0.139 e. The molecule has 0 radical (unpaired) electrons. The zero-order valence-corrected chi connectivity index (χ0v) is 11.2. The number of nitrogens with zero attached hydrogens (tertiary/aromatic N) is 2. The van der Waals surface area contributed by atoms with E-state index in [9.17, 15) is 4.39 Å². The number of rotatable bonds is 3. The molecule has 0 aliphatic heterocycles.